The highest BCUT2D eigenvalue weighted by atomic mass is 35.5. The van der Waals surface area contributed by atoms with Crippen molar-refractivity contribution < 1.29 is 9.47 Å². The molecule has 0 saturated carbocycles. The molecule has 14 heavy (non-hydrogen) atoms. The predicted octanol–water partition coefficient (Wildman–Crippen LogP) is 2.01. The zero-order chi connectivity index (χ0) is 10.4. The number of halogens is 1. The largest absolute Gasteiger partial charge is 0.492 e. The van der Waals surface area contributed by atoms with Gasteiger partial charge < -0.3 is 9.47 Å². The highest BCUT2D eigenvalue weighted by molar-refractivity contribution is 6.17. The van der Waals surface area contributed by atoms with E-state index in [9.17, 15) is 0 Å². The number of aromatic nitrogens is 2. The van der Waals surface area contributed by atoms with Crippen LogP contribution < -0.4 is 9.47 Å². The Labute approximate surface area is 88.2 Å². The molecule has 0 aliphatic rings. The Morgan fingerprint density at radius 1 is 1.21 bits per heavy atom. The van der Waals surface area contributed by atoms with E-state index in [2.05, 4.69) is 10.2 Å². The highest BCUT2D eigenvalue weighted by Gasteiger charge is 2.07. The van der Waals surface area contributed by atoms with Gasteiger partial charge in [-0.25, -0.2) is 0 Å². The SMILES string of the molecule is CCOc1cc(OCC)c(CCl)nn1. The first-order valence-electron chi connectivity index (χ1n) is 4.50. The van der Waals surface area contributed by atoms with Crippen molar-refractivity contribution >= 4 is 11.6 Å². The average Bonchev–Trinajstić information content (AvgIpc) is 2.19. The number of nitrogens with zero attached hydrogens (tertiary/aromatic N) is 2. The van der Waals surface area contributed by atoms with Gasteiger partial charge in [0, 0.05) is 6.07 Å². The van der Waals surface area contributed by atoms with Crippen LogP contribution in [0.4, 0.5) is 0 Å². The van der Waals surface area contributed by atoms with Crippen LogP contribution in [0.3, 0.4) is 0 Å². The van der Waals surface area contributed by atoms with Crippen LogP contribution >= 0.6 is 11.6 Å². The number of hydrogen-bond donors (Lipinski definition) is 0. The predicted molar refractivity (Wildman–Crippen MR) is 53.9 cm³/mol. The Balaban J connectivity index is 2.88. The molecule has 78 valence electrons. The highest BCUT2D eigenvalue weighted by Crippen LogP contribution is 2.21. The molecule has 0 fully saturated rings. The molecule has 0 unspecified atom stereocenters. The Morgan fingerprint density at radius 2 is 1.93 bits per heavy atom. The fourth-order valence-electron chi connectivity index (χ4n) is 0.975. The second kappa shape index (κ2) is 5.65. The molecule has 0 N–H and O–H groups in total. The van der Waals surface area contributed by atoms with Crippen LogP contribution in [-0.4, -0.2) is 23.4 Å². The molecule has 0 aromatic carbocycles. The fraction of sp³-hybridized carbons (Fsp3) is 0.556. The molecule has 0 bridgehead atoms. The summed E-state index contributed by atoms with van der Waals surface area (Å²) in [6, 6.07) is 1.71. The summed E-state index contributed by atoms with van der Waals surface area (Å²) in [5, 5.41) is 7.75. The van der Waals surface area contributed by atoms with Crippen molar-refractivity contribution in [3.8, 4) is 11.6 Å². The van der Waals surface area contributed by atoms with Gasteiger partial charge in [-0.1, -0.05) is 0 Å². The van der Waals surface area contributed by atoms with E-state index < -0.39 is 0 Å². The van der Waals surface area contributed by atoms with Crippen LogP contribution in [0.5, 0.6) is 11.6 Å². The lowest BCUT2D eigenvalue weighted by Gasteiger charge is -2.08. The van der Waals surface area contributed by atoms with Crippen molar-refractivity contribution in [3.63, 3.8) is 0 Å². The Kier molecular flexibility index (Phi) is 4.46. The van der Waals surface area contributed by atoms with E-state index in [0.29, 0.717) is 30.5 Å². The third kappa shape index (κ3) is 2.73. The second-order valence-corrected chi connectivity index (χ2v) is 2.76. The molecule has 0 atom stereocenters. The summed E-state index contributed by atoms with van der Waals surface area (Å²) in [5.74, 6) is 1.39. The van der Waals surface area contributed by atoms with Crippen molar-refractivity contribution in [2.45, 2.75) is 19.7 Å². The first kappa shape index (κ1) is 11.0. The number of rotatable bonds is 5. The van der Waals surface area contributed by atoms with Gasteiger partial charge >= 0.3 is 0 Å². The molecule has 1 aromatic rings. The molecule has 4 nitrogen and oxygen atoms in total. The Morgan fingerprint density at radius 3 is 2.50 bits per heavy atom. The summed E-state index contributed by atoms with van der Waals surface area (Å²) in [6.07, 6.45) is 0. The van der Waals surface area contributed by atoms with Crippen LogP contribution in [0.1, 0.15) is 19.5 Å². The monoisotopic (exact) mass is 216 g/mol. The molecule has 0 aliphatic heterocycles. The van der Waals surface area contributed by atoms with E-state index in [1.54, 1.807) is 6.07 Å². The number of ether oxygens (including phenoxy) is 2. The summed E-state index contributed by atoms with van der Waals surface area (Å²) in [4.78, 5) is 0. The van der Waals surface area contributed by atoms with Gasteiger partial charge in [0.05, 0.1) is 19.1 Å². The van der Waals surface area contributed by atoms with Gasteiger partial charge in [0.25, 0.3) is 0 Å². The lowest BCUT2D eigenvalue weighted by Crippen LogP contribution is -2.02. The van der Waals surface area contributed by atoms with Crippen LogP contribution in [0, 0.1) is 0 Å². The van der Waals surface area contributed by atoms with Gasteiger partial charge in [0.2, 0.25) is 5.88 Å². The average molecular weight is 217 g/mol. The van der Waals surface area contributed by atoms with Crippen molar-refractivity contribution in [3.05, 3.63) is 11.8 Å². The van der Waals surface area contributed by atoms with E-state index in [1.165, 1.54) is 0 Å². The van der Waals surface area contributed by atoms with Crippen LogP contribution in [0.25, 0.3) is 0 Å². The van der Waals surface area contributed by atoms with E-state index in [1.807, 2.05) is 13.8 Å². The van der Waals surface area contributed by atoms with Crippen molar-refractivity contribution in [1.29, 1.82) is 0 Å². The standard InChI is InChI=1S/C9H13ClN2O2/c1-3-13-8-5-9(14-4-2)12-11-7(8)6-10/h5H,3-4,6H2,1-2H3. The topological polar surface area (TPSA) is 44.2 Å². The summed E-state index contributed by atoms with van der Waals surface area (Å²) in [6.45, 7) is 4.91. The number of alkyl halides is 1. The quantitative estimate of drug-likeness (QED) is 0.707. The molecule has 0 amide bonds. The van der Waals surface area contributed by atoms with Gasteiger partial charge in [-0.2, -0.15) is 0 Å². The first-order chi connectivity index (χ1) is 6.81. The minimum absolute atomic E-state index is 0.286. The van der Waals surface area contributed by atoms with Gasteiger partial charge in [-0.3, -0.25) is 0 Å². The smallest absolute Gasteiger partial charge is 0.237 e. The summed E-state index contributed by atoms with van der Waals surface area (Å²) in [5.41, 5.74) is 0.636. The van der Waals surface area contributed by atoms with E-state index >= 15 is 0 Å². The second-order valence-electron chi connectivity index (χ2n) is 2.49. The van der Waals surface area contributed by atoms with Crippen LogP contribution in [0.15, 0.2) is 6.07 Å². The zero-order valence-corrected chi connectivity index (χ0v) is 9.04. The molecule has 5 heteroatoms. The third-order valence-corrected chi connectivity index (χ3v) is 1.78. The third-order valence-electron chi connectivity index (χ3n) is 1.53. The van der Waals surface area contributed by atoms with Gasteiger partial charge in [0.1, 0.15) is 11.4 Å². The molecule has 0 radical (unpaired) electrons. The maximum Gasteiger partial charge on any atom is 0.237 e. The minimum Gasteiger partial charge on any atom is -0.492 e. The summed E-state index contributed by atoms with van der Waals surface area (Å²) >= 11 is 5.67. The van der Waals surface area contributed by atoms with Crippen molar-refractivity contribution in [2.75, 3.05) is 13.2 Å². The molecule has 0 aliphatic carbocycles. The van der Waals surface area contributed by atoms with E-state index in [-0.39, 0.29) is 5.88 Å². The molecule has 1 rings (SSSR count). The maximum absolute atomic E-state index is 5.67. The van der Waals surface area contributed by atoms with E-state index in [0.717, 1.165) is 0 Å². The van der Waals surface area contributed by atoms with Crippen molar-refractivity contribution in [2.24, 2.45) is 0 Å². The normalized spacial score (nSPS) is 9.93. The Hall–Kier alpha value is -1.03. The lowest BCUT2D eigenvalue weighted by molar-refractivity contribution is 0.306. The molecule has 0 spiro atoms. The maximum atomic E-state index is 5.67. The molecular weight excluding hydrogens is 204 g/mol. The molecular formula is C9H13ClN2O2. The van der Waals surface area contributed by atoms with Crippen LogP contribution in [0.2, 0.25) is 0 Å². The lowest BCUT2D eigenvalue weighted by atomic mass is 10.4. The fourth-order valence-corrected chi connectivity index (χ4v) is 1.16. The molecule has 0 saturated heterocycles. The van der Waals surface area contributed by atoms with E-state index in [4.69, 9.17) is 21.1 Å². The molecule has 1 aromatic heterocycles. The Bertz CT molecular complexity index is 294. The number of hydrogen-bond acceptors (Lipinski definition) is 4. The zero-order valence-electron chi connectivity index (χ0n) is 8.29. The van der Waals surface area contributed by atoms with Gasteiger partial charge in [-0.05, 0) is 13.8 Å². The first-order valence-corrected chi connectivity index (χ1v) is 5.03. The minimum atomic E-state index is 0.286. The summed E-state index contributed by atoms with van der Waals surface area (Å²) in [7, 11) is 0. The molecule has 1 heterocycles. The van der Waals surface area contributed by atoms with Crippen LogP contribution in [-0.2, 0) is 5.88 Å². The van der Waals surface area contributed by atoms with Gasteiger partial charge in [0.15, 0.2) is 0 Å². The van der Waals surface area contributed by atoms with Crippen molar-refractivity contribution in [1.82, 2.24) is 10.2 Å². The van der Waals surface area contributed by atoms with Gasteiger partial charge in [-0.15, -0.1) is 21.8 Å². The summed E-state index contributed by atoms with van der Waals surface area (Å²) < 4.78 is 10.5.